The average Bonchev–Trinajstić information content (AvgIpc) is 2.79. The summed E-state index contributed by atoms with van der Waals surface area (Å²) in [6.45, 7) is 2.82. The topological polar surface area (TPSA) is 89.9 Å². The third-order valence-electron chi connectivity index (χ3n) is 6.16. The molecule has 0 atom stereocenters. The van der Waals surface area contributed by atoms with Gasteiger partial charge in [0.2, 0.25) is 0 Å². The number of rotatable bonds is 11. The van der Waals surface area contributed by atoms with Crippen LogP contribution in [-0.2, 0) is 17.5 Å². The Balaban J connectivity index is 1.35. The minimum atomic E-state index is -3.91. The molecule has 7 heteroatoms. The Bertz CT molecular complexity index is 875. The third kappa shape index (κ3) is 8.51. The van der Waals surface area contributed by atoms with Gasteiger partial charge in [0.25, 0.3) is 5.91 Å². The van der Waals surface area contributed by atoms with E-state index in [1.54, 1.807) is 0 Å². The minimum Gasteiger partial charge on any atom is -0.339 e. The number of likely N-dealkylation sites (tertiary alicyclic amines) is 1. The summed E-state index contributed by atoms with van der Waals surface area (Å²) in [7, 11) is -3.91. The van der Waals surface area contributed by atoms with E-state index < -0.39 is 7.60 Å². The summed E-state index contributed by atoms with van der Waals surface area (Å²) in [5.41, 5.74) is 3.17. The van der Waals surface area contributed by atoms with Gasteiger partial charge in [-0.3, -0.25) is 9.36 Å². The molecule has 1 heterocycles. The minimum absolute atomic E-state index is 0.100. The number of hydrogen-bond acceptors (Lipinski definition) is 3. The number of carbonyl (C=O) groups excluding carboxylic acids is 1. The van der Waals surface area contributed by atoms with Crippen molar-refractivity contribution in [1.29, 1.82) is 0 Å². The summed E-state index contributed by atoms with van der Waals surface area (Å²) in [6.07, 6.45) is 6.06. The molecule has 1 aliphatic heterocycles. The first-order valence-corrected chi connectivity index (χ1v) is 13.4. The fourth-order valence-electron chi connectivity index (χ4n) is 4.25. The van der Waals surface area contributed by atoms with Crippen molar-refractivity contribution in [2.24, 2.45) is 5.92 Å². The van der Waals surface area contributed by atoms with Crippen LogP contribution in [0.15, 0.2) is 54.6 Å². The monoisotopic (exact) mass is 458 g/mol. The molecular formula is C25H35N2O4P. The lowest BCUT2D eigenvalue weighted by Crippen LogP contribution is -2.38. The lowest BCUT2D eigenvalue weighted by Gasteiger charge is -2.32. The van der Waals surface area contributed by atoms with Crippen LogP contribution in [0.5, 0.6) is 0 Å². The Morgan fingerprint density at radius 1 is 0.969 bits per heavy atom. The van der Waals surface area contributed by atoms with E-state index in [9.17, 15) is 9.36 Å². The largest absolute Gasteiger partial charge is 0.339 e. The van der Waals surface area contributed by atoms with Gasteiger partial charge < -0.3 is 20.0 Å². The number of nitrogens with zero attached hydrogens (tertiary/aromatic N) is 1. The molecule has 1 amide bonds. The van der Waals surface area contributed by atoms with Crippen LogP contribution in [0.3, 0.4) is 0 Å². The number of nitrogens with one attached hydrogen (secondary N) is 1. The van der Waals surface area contributed by atoms with E-state index in [4.69, 9.17) is 9.79 Å². The van der Waals surface area contributed by atoms with Gasteiger partial charge in [-0.25, -0.2) is 0 Å². The molecule has 32 heavy (non-hydrogen) atoms. The van der Waals surface area contributed by atoms with Crippen molar-refractivity contribution in [2.45, 2.75) is 45.1 Å². The second-order valence-corrected chi connectivity index (χ2v) is 10.5. The molecule has 3 N–H and O–H groups in total. The van der Waals surface area contributed by atoms with E-state index in [2.05, 4.69) is 35.6 Å². The van der Waals surface area contributed by atoms with E-state index in [0.717, 1.165) is 43.5 Å². The summed E-state index contributed by atoms with van der Waals surface area (Å²) in [5, 5.41) is 3.18. The highest BCUT2D eigenvalue weighted by atomic mass is 31.2. The van der Waals surface area contributed by atoms with Crippen LogP contribution in [0, 0.1) is 5.92 Å². The van der Waals surface area contributed by atoms with Gasteiger partial charge in [0, 0.05) is 25.2 Å². The zero-order valence-corrected chi connectivity index (χ0v) is 19.6. The van der Waals surface area contributed by atoms with E-state index in [1.165, 1.54) is 18.4 Å². The van der Waals surface area contributed by atoms with Crippen molar-refractivity contribution in [1.82, 2.24) is 10.2 Å². The van der Waals surface area contributed by atoms with Gasteiger partial charge in [0.1, 0.15) is 0 Å². The van der Waals surface area contributed by atoms with Crippen molar-refractivity contribution in [3.8, 4) is 0 Å². The molecule has 0 radical (unpaired) electrons. The number of amides is 1. The fraction of sp³-hybridized carbons (Fsp3) is 0.480. The molecule has 0 aromatic heterocycles. The van der Waals surface area contributed by atoms with Crippen molar-refractivity contribution < 1.29 is 19.1 Å². The average molecular weight is 459 g/mol. The number of benzene rings is 2. The highest BCUT2D eigenvalue weighted by Gasteiger charge is 2.23. The second-order valence-electron chi connectivity index (χ2n) is 8.73. The van der Waals surface area contributed by atoms with Gasteiger partial charge in [-0.15, -0.1) is 0 Å². The molecule has 1 saturated heterocycles. The molecule has 6 nitrogen and oxygen atoms in total. The van der Waals surface area contributed by atoms with E-state index in [-0.39, 0.29) is 12.1 Å². The summed E-state index contributed by atoms with van der Waals surface area (Å²) in [4.78, 5) is 32.6. The predicted molar refractivity (Wildman–Crippen MR) is 128 cm³/mol. The Morgan fingerprint density at radius 2 is 1.66 bits per heavy atom. The molecule has 1 fully saturated rings. The molecule has 1 aliphatic rings. The lowest BCUT2D eigenvalue weighted by molar-refractivity contribution is 0.0686. The van der Waals surface area contributed by atoms with Gasteiger partial charge in [-0.1, -0.05) is 42.5 Å². The molecule has 0 spiro atoms. The van der Waals surface area contributed by atoms with Crippen LogP contribution >= 0.6 is 7.60 Å². The first-order valence-electron chi connectivity index (χ1n) is 11.6. The number of carbonyl (C=O) groups is 1. The Labute approximate surface area is 191 Å². The Hall–Kier alpha value is -1.98. The van der Waals surface area contributed by atoms with Crippen LogP contribution in [0.1, 0.15) is 53.6 Å². The number of aryl methyl sites for hydroxylation is 1. The Morgan fingerprint density at radius 3 is 2.31 bits per heavy atom. The van der Waals surface area contributed by atoms with Crippen molar-refractivity contribution >= 4 is 13.5 Å². The van der Waals surface area contributed by atoms with E-state index in [1.807, 2.05) is 29.2 Å². The SMILES string of the molecule is O=C(c1ccc(CNCCCP(=O)(O)O)cc1)N1CCC(CCCc2ccccc2)CC1. The summed E-state index contributed by atoms with van der Waals surface area (Å²) < 4.78 is 10.8. The van der Waals surface area contributed by atoms with E-state index >= 15 is 0 Å². The van der Waals surface area contributed by atoms with Crippen LogP contribution < -0.4 is 5.32 Å². The maximum Gasteiger partial charge on any atom is 0.325 e. The second kappa shape index (κ2) is 12.3. The number of hydrogen-bond donors (Lipinski definition) is 3. The summed E-state index contributed by atoms with van der Waals surface area (Å²) in [6, 6.07) is 18.3. The smallest absolute Gasteiger partial charge is 0.325 e. The molecule has 0 aliphatic carbocycles. The first-order chi connectivity index (χ1) is 15.4. The first kappa shape index (κ1) is 24.7. The van der Waals surface area contributed by atoms with Gasteiger partial charge in [-0.05, 0) is 74.2 Å². The maximum atomic E-state index is 12.8. The molecule has 2 aromatic carbocycles. The fourth-order valence-corrected chi connectivity index (χ4v) is 4.82. The quantitative estimate of drug-likeness (QED) is 0.347. The van der Waals surface area contributed by atoms with Crippen molar-refractivity contribution in [2.75, 3.05) is 25.8 Å². The molecule has 0 bridgehead atoms. The zero-order chi connectivity index (χ0) is 22.8. The van der Waals surface area contributed by atoms with Crippen molar-refractivity contribution in [3.63, 3.8) is 0 Å². The van der Waals surface area contributed by atoms with E-state index in [0.29, 0.717) is 25.4 Å². The molecule has 2 aromatic rings. The van der Waals surface area contributed by atoms with Crippen LogP contribution in [-0.4, -0.2) is 46.4 Å². The highest BCUT2D eigenvalue weighted by Crippen LogP contribution is 2.34. The zero-order valence-electron chi connectivity index (χ0n) is 18.7. The Kier molecular flexibility index (Phi) is 9.49. The number of piperidine rings is 1. The maximum absolute atomic E-state index is 12.8. The summed E-state index contributed by atoms with van der Waals surface area (Å²) >= 11 is 0. The molecule has 0 unspecified atom stereocenters. The third-order valence-corrected chi connectivity index (χ3v) is 7.05. The van der Waals surface area contributed by atoms with Crippen LogP contribution in [0.4, 0.5) is 0 Å². The van der Waals surface area contributed by atoms with Gasteiger partial charge in [-0.2, -0.15) is 0 Å². The standard InChI is InChI=1S/C25H35N2O4P/c28-25(24-12-10-23(11-13-24)20-26-16-5-19-32(29,30)31)27-17-14-22(15-18-27)9-4-8-21-6-2-1-3-7-21/h1-3,6-7,10-13,22,26H,4-5,8-9,14-20H2,(H2,29,30,31). The van der Waals surface area contributed by atoms with Gasteiger partial charge in [0.15, 0.2) is 0 Å². The van der Waals surface area contributed by atoms with Crippen LogP contribution in [0.25, 0.3) is 0 Å². The van der Waals surface area contributed by atoms with Crippen LogP contribution in [0.2, 0.25) is 0 Å². The molecule has 3 rings (SSSR count). The van der Waals surface area contributed by atoms with Crippen molar-refractivity contribution in [3.05, 3.63) is 71.3 Å². The van der Waals surface area contributed by atoms with Gasteiger partial charge in [0.05, 0.1) is 6.16 Å². The predicted octanol–water partition coefficient (Wildman–Crippen LogP) is 4.22. The van der Waals surface area contributed by atoms with Gasteiger partial charge >= 0.3 is 7.60 Å². The molecule has 174 valence electrons. The normalized spacial score (nSPS) is 15.1. The summed E-state index contributed by atoms with van der Waals surface area (Å²) in [5.74, 6) is 0.815. The highest BCUT2D eigenvalue weighted by molar-refractivity contribution is 7.51. The lowest BCUT2D eigenvalue weighted by atomic mass is 9.90. The molecular weight excluding hydrogens is 423 g/mol. The molecule has 0 saturated carbocycles.